The Balaban J connectivity index is 1.88. The maximum Gasteiger partial charge on any atom is 0.185 e. The van der Waals surface area contributed by atoms with E-state index in [1.54, 1.807) is 11.3 Å². The summed E-state index contributed by atoms with van der Waals surface area (Å²) >= 11 is 1.68. The monoisotopic (exact) mass is 334 g/mol. The van der Waals surface area contributed by atoms with E-state index < -0.39 is 11.6 Å². The van der Waals surface area contributed by atoms with Gasteiger partial charge in [0.1, 0.15) is 17.7 Å². The predicted molar refractivity (Wildman–Crippen MR) is 88.7 cm³/mol. The SMILES string of the molecule is CN(C)C(CNc1ncnc2c(F)c(F)ccc12)c1cccs1. The van der Waals surface area contributed by atoms with Crippen molar-refractivity contribution in [2.24, 2.45) is 0 Å². The van der Waals surface area contributed by atoms with Crippen molar-refractivity contribution in [1.29, 1.82) is 0 Å². The normalized spacial score (nSPS) is 12.7. The predicted octanol–water partition coefficient (Wildman–Crippen LogP) is 3.68. The van der Waals surface area contributed by atoms with Crippen molar-refractivity contribution in [1.82, 2.24) is 14.9 Å². The topological polar surface area (TPSA) is 41.0 Å². The van der Waals surface area contributed by atoms with E-state index in [0.29, 0.717) is 17.7 Å². The average molecular weight is 334 g/mol. The van der Waals surface area contributed by atoms with Crippen molar-refractivity contribution in [3.05, 3.63) is 52.5 Å². The second-order valence-electron chi connectivity index (χ2n) is 5.36. The van der Waals surface area contributed by atoms with Crippen molar-refractivity contribution in [2.75, 3.05) is 26.0 Å². The van der Waals surface area contributed by atoms with Gasteiger partial charge in [-0.2, -0.15) is 0 Å². The molecule has 0 amide bonds. The average Bonchev–Trinajstić information content (AvgIpc) is 3.05. The van der Waals surface area contributed by atoms with Gasteiger partial charge in [-0.05, 0) is 37.7 Å². The Labute approximate surface area is 136 Å². The molecule has 7 heteroatoms. The Morgan fingerprint density at radius 3 is 2.74 bits per heavy atom. The highest BCUT2D eigenvalue weighted by molar-refractivity contribution is 7.10. The van der Waals surface area contributed by atoms with Crippen molar-refractivity contribution in [3.8, 4) is 0 Å². The largest absolute Gasteiger partial charge is 0.368 e. The van der Waals surface area contributed by atoms with Crippen molar-refractivity contribution in [3.63, 3.8) is 0 Å². The number of nitrogens with one attached hydrogen (secondary N) is 1. The van der Waals surface area contributed by atoms with Gasteiger partial charge in [0.25, 0.3) is 0 Å². The van der Waals surface area contributed by atoms with E-state index in [0.717, 1.165) is 6.07 Å². The molecular weight excluding hydrogens is 318 g/mol. The molecule has 4 nitrogen and oxygen atoms in total. The van der Waals surface area contributed by atoms with Gasteiger partial charge >= 0.3 is 0 Å². The third-order valence-corrected chi connectivity index (χ3v) is 4.63. The first-order valence-corrected chi connectivity index (χ1v) is 7.98. The summed E-state index contributed by atoms with van der Waals surface area (Å²) in [5.41, 5.74) is -0.0139. The molecule has 3 aromatic rings. The van der Waals surface area contributed by atoms with Gasteiger partial charge in [-0.25, -0.2) is 18.7 Å². The van der Waals surface area contributed by atoms with Crippen LogP contribution in [-0.4, -0.2) is 35.5 Å². The molecule has 0 bridgehead atoms. The fourth-order valence-corrected chi connectivity index (χ4v) is 3.35. The van der Waals surface area contributed by atoms with Gasteiger partial charge in [-0.3, -0.25) is 0 Å². The molecule has 2 aromatic heterocycles. The lowest BCUT2D eigenvalue weighted by molar-refractivity contribution is 0.316. The molecule has 0 saturated heterocycles. The molecule has 0 aliphatic rings. The summed E-state index contributed by atoms with van der Waals surface area (Å²) < 4.78 is 27.2. The van der Waals surface area contributed by atoms with Crippen molar-refractivity contribution < 1.29 is 8.78 Å². The molecule has 3 rings (SSSR count). The summed E-state index contributed by atoms with van der Waals surface area (Å²) in [4.78, 5) is 11.3. The number of rotatable bonds is 5. The van der Waals surface area contributed by atoms with Crippen LogP contribution >= 0.6 is 11.3 Å². The maximum absolute atomic E-state index is 13.8. The zero-order valence-corrected chi connectivity index (χ0v) is 13.6. The number of benzene rings is 1. The van der Waals surface area contributed by atoms with E-state index in [1.807, 2.05) is 25.5 Å². The van der Waals surface area contributed by atoms with E-state index in [4.69, 9.17) is 0 Å². The lowest BCUT2D eigenvalue weighted by atomic mass is 10.2. The second-order valence-corrected chi connectivity index (χ2v) is 6.33. The molecule has 1 unspecified atom stereocenters. The lowest BCUT2D eigenvalue weighted by Crippen LogP contribution is -2.26. The number of hydrogen-bond acceptors (Lipinski definition) is 5. The Morgan fingerprint density at radius 1 is 1.22 bits per heavy atom. The highest BCUT2D eigenvalue weighted by atomic mass is 32.1. The number of fused-ring (bicyclic) bond motifs is 1. The van der Waals surface area contributed by atoms with Crippen LogP contribution in [0.25, 0.3) is 10.9 Å². The Kier molecular flexibility index (Phi) is 4.49. The minimum atomic E-state index is -0.949. The summed E-state index contributed by atoms with van der Waals surface area (Å²) in [6.07, 6.45) is 1.24. The number of halogens is 2. The standard InChI is InChI=1S/C16H16F2N4S/c1-22(2)12(13-4-3-7-23-13)8-19-16-10-5-6-11(17)14(18)15(10)20-9-21-16/h3-7,9,12H,8H2,1-2H3,(H,19,20,21). The summed E-state index contributed by atoms with van der Waals surface area (Å²) in [5.74, 6) is -1.36. The fourth-order valence-electron chi connectivity index (χ4n) is 2.42. The van der Waals surface area contributed by atoms with Crippen LogP contribution in [0.1, 0.15) is 10.9 Å². The summed E-state index contributed by atoms with van der Waals surface area (Å²) in [6, 6.07) is 6.82. The Morgan fingerprint density at radius 2 is 2.04 bits per heavy atom. The minimum absolute atomic E-state index is 0.0139. The van der Waals surface area contributed by atoms with Crippen LogP contribution in [0.3, 0.4) is 0 Å². The van der Waals surface area contributed by atoms with Gasteiger partial charge in [-0.15, -0.1) is 11.3 Å². The third kappa shape index (κ3) is 3.16. The van der Waals surface area contributed by atoms with Crippen LogP contribution < -0.4 is 5.32 Å². The lowest BCUT2D eigenvalue weighted by Gasteiger charge is -2.24. The van der Waals surface area contributed by atoms with E-state index in [9.17, 15) is 8.78 Å². The number of thiophene rings is 1. The van der Waals surface area contributed by atoms with Crippen LogP contribution in [-0.2, 0) is 0 Å². The second kappa shape index (κ2) is 6.55. The van der Waals surface area contributed by atoms with Gasteiger partial charge in [0.2, 0.25) is 0 Å². The summed E-state index contributed by atoms with van der Waals surface area (Å²) in [6.45, 7) is 0.596. The van der Waals surface area contributed by atoms with E-state index >= 15 is 0 Å². The molecule has 1 aromatic carbocycles. The first kappa shape index (κ1) is 15.8. The van der Waals surface area contributed by atoms with Crippen LogP contribution in [0.5, 0.6) is 0 Å². The number of likely N-dealkylation sites (N-methyl/N-ethyl adjacent to an activating group) is 1. The van der Waals surface area contributed by atoms with Crippen LogP contribution in [0.2, 0.25) is 0 Å². The molecule has 0 aliphatic carbocycles. The molecule has 0 spiro atoms. The third-order valence-electron chi connectivity index (χ3n) is 3.66. The molecule has 0 fully saturated rings. The van der Waals surface area contributed by atoms with Crippen molar-refractivity contribution in [2.45, 2.75) is 6.04 Å². The molecule has 0 saturated carbocycles. The smallest absolute Gasteiger partial charge is 0.185 e. The van der Waals surface area contributed by atoms with Gasteiger partial charge in [0, 0.05) is 16.8 Å². The quantitative estimate of drug-likeness (QED) is 0.773. The highest BCUT2D eigenvalue weighted by Crippen LogP contribution is 2.26. The Bertz CT molecular complexity index is 805. The first-order valence-electron chi connectivity index (χ1n) is 7.10. The number of aromatic nitrogens is 2. The van der Waals surface area contributed by atoms with E-state index in [-0.39, 0.29) is 11.6 Å². The molecule has 0 aliphatic heterocycles. The number of anilines is 1. The minimum Gasteiger partial charge on any atom is -0.368 e. The van der Waals surface area contributed by atoms with E-state index in [2.05, 4.69) is 26.3 Å². The van der Waals surface area contributed by atoms with Crippen molar-refractivity contribution >= 4 is 28.1 Å². The van der Waals surface area contributed by atoms with E-state index in [1.165, 1.54) is 17.3 Å². The van der Waals surface area contributed by atoms with Crippen LogP contribution in [0.4, 0.5) is 14.6 Å². The fraction of sp³-hybridized carbons (Fsp3) is 0.250. The van der Waals surface area contributed by atoms with Gasteiger partial charge in [-0.1, -0.05) is 6.07 Å². The van der Waals surface area contributed by atoms with Gasteiger partial charge in [0.15, 0.2) is 11.6 Å². The Hall–Kier alpha value is -2.12. The molecule has 2 heterocycles. The molecule has 0 radical (unpaired) electrons. The molecule has 1 atom stereocenters. The summed E-state index contributed by atoms with van der Waals surface area (Å²) in [5, 5.41) is 5.73. The van der Waals surface area contributed by atoms with Crippen LogP contribution in [0.15, 0.2) is 36.0 Å². The molecule has 120 valence electrons. The highest BCUT2D eigenvalue weighted by Gasteiger charge is 2.17. The van der Waals surface area contributed by atoms with Crippen LogP contribution in [0, 0.1) is 11.6 Å². The zero-order valence-electron chi connectivity index (χ0n) is 12.8. The first-order chi connectivity index (χ1) is 11.1. The molecule has 1 N–H and O–H groups in total. The number of hydrogen-bond donors (Lipinski definition) is 1. The maximum atomic E-state index is 13.8. The molecular formula is C16H16F2N4S. The van der Waals surface area contributed by atoms with Gasteiger partial charge in [0.05, 0.1) is 6.04 Å². The molecule has 23 heavy (non-hydrogen) atoms. The zero-order chi connectivity index (χ0) is 16.4. The number of nitrogens with zero attached hydrogens (tertiary/aromatic N) is 3. The summed E-state index contributed by atoms with van der Waals surface area (Å²) in [7, 11) is 4.00. The van der Waals surface area contributed by atoms with Gasteiger partial charge < -0.3 is 10.2 Å².